The van der Waals surface area contributed by atoms with Crippen molar-refractivity contribution in [2.24, 2.45) is 0 Å². The smallest absolute Gasteiger partial charge is 0.214 e. The maximum absolute atomic E-state index is 12.5. The molecule has 0 radical (unpaired) electrons. The van der Waals surface area contributed by atoms with E-state index >= 15 is 0 Å². The first kappa shape index (κ1) is 19.8. The lowest BCUT2D eigenvalue weighted by Gasteiger charge is -2.14. The van der Waals surface area contributed by atoms with Gasteiger partial charge in [0.15, 0.2) is 4.24 Å². The predicted octanol–water partition coefficient (Wildman–Crippen LogP) is 3.51. The van der Waals surface area contributed by atoms with Crippen LogP contribution in [0.4, 0.5) is 26.3 Å². The van der Waals surface area contributed by atoms with Crippen molar-refractivity contribution in [2.45, 2.75) is 11.0 Å². The van der Waals surface area contributed by atoms with Crippen LogP contribution in [0.2, 0.25) is 5.02 Å². The normalized spacial score (nSPS) is 13.7. The van der Waals surface area contributed by atoms with Crippen molar-refractivity contribution in [1.82, 2.24) is 0 Å². The summed E-state index contributed by atoms with van der Waals surface area (Å²) in [7, 11) is -13.6. The molecule has 0 aromatic heterocycles. The molecule has 0 aliphatic heterocycles. The zero-order valence-electron chi connectivity index (χ0n) is 10.5. The van der Waals surface area contributed by atoms with Gasteiger partial charge in [-0.25, -0.2) is 16.8 Å². The van der Waals surface area contributed by atoms with Crippen molar-refractivity contribution in [3.8, 4) is 0 Å². The van der Waals surface area contributed by atoms with Crippen LogP contribution in [-0.2, 0) is 19.7 Å². The summed E-state index contributed by atoms with van der Waals surface area (Å²) < 4.78 is 117. The molecule has 23 heavy (non-hydrogen) atoms. The van der Waals surface area contributed by atoms with E-state index < -0.39 is 45.5 Å². The van der Waals surface area contributed by atoms with E-state index in [-0.39, 0.29) is 6.08 Å². The van der Waals surface area contributed by atoms with Gasteiger partial charge in [-0.3, -0.25) is 0 Å². The molecule has 0 unspecified atom stereocenters. The Kier molecular flexibility index (Phi) is 5.14. The molecule has 0 saturated heterocycles. The Bertz CT molecular complexity index is 791. The van der Waals surface area contributed by atoms with Crippen molar-refractivity contribution in [3.05, 3.63) is 39.1 Å². The SMILES string of the molecule is O=S(=O)(C(=Cc1ccccc1Cl)S(=O)(=O)C(F)(F)F)C(F)(F)F. The van der Waals surface area contributed by atoms with Crippen molar-refractivity contribution < 1.29 is 43.2 Å². The summed E-state index contributed by atoms with van der Waals surface area (Å²) in [6.45, 7) is 0. The third kappa shape index (κ3) is 3.80. The Morgan fingerprint density at radius 3 is 1.61 bits per heavy atom. The van der Waals surface area contributed by atoms with Gasteiger partial charge in [0.2, 0.25) is 0 Å². The Morgan fingerprint density at radius 2 is 1.26 bits per heavy atom. The summed E-state index contributed by atoms with van der Waals surface area (Å²) in [6, 6.07) is 4.22. The molecule has 0 N–H and O–H groups in total. The number of sulfone groups is 2. The molecule has 0 heterocycles. The summed E-state index contributed by atoms with van der Waals surface area (Å²) in [4.78, 5) is 0. The second-order valence-corrected chi connectivity index (χ2v) is 8.37. The van der Waals surface area contributed by atoms with Crippen LogP contribution in [0.15, 0.2) is 28.5 Å². The lowest BCUT2D eigenvalue weighted by Crippen LogP contribution is -2.34. The first-order chi connectivity index (χ1) is 10.1. The Labute approximate surface area is 131 Å². The van der Waals surface area contributed by atoms with Gasteiger partial charge in [0.05, 0.1) is 0 Å². The fourth-order valence-corrected chi connectivity index (χ4v) is 4.18. The first-order valence-electron chi connectivity index (χ1n) is 5.21. The number of hydrogen-bond donors (Lipinski definition) is 0. The van der Waals surface area contributed by atoms with Gasteiger partial charge in [0, 0.05) is 5.02 Å². The molecule has 1 aromatic rings. The maximum atomic E-state index is 12.5. The summed E-state index contributed by atoms with van der Waals surface area (Å²) in [5, 5.41) is -0.445. The number of rotatable bonds is 3. The van der Waals surface area contributed by atoms with Gasteiger partial charge in [0.25, 0.3) is 19.7 Å². The van der Waals surface area contributed by atoms with Crippen LogP contribution in [0.3, 0.4) is 0 Å². The molecule has 1 rings (SSSR count). The Hall–Kier alpha value is -1.27. The average Bonchev–Trinajstić information content (AvgIpc) is 2.34. The van der Waals surface area contributed by atoms with E-state index in [2.05, 4.69) is 0 Å². The quantitative estimate of drug-likeness (QED) is 0.726. The van der Waals surface area contributed by atoms with Crippen molar-refractivity contribution >= 4 is 37.4 Å². The van der Waals surface area contributed by atoms with Crippen molar-refractivity contribution in [1.29, 1.82) is 0 Å². The van der Waals surface area contributed by atoms with Crippen LogP contribution in [0.1, 0.15) is 5.56 Å². The molecule has 0 aliphatic carbocycles. The summed E-state index contributed by atoms with van der Waals surface area (Å²) in [5.74, 6) is 0. The molecule has 4 nitrogen and oxygen atoms in total. The fourth-order valence-electron chi connectivity index (χ4n) is 1.25. The predicted molar refractivity (Wildman–Crippen MR) is 69.4 cm³/mol. The molecule has 0 amide bonds. The average molecular weight is 403 g/mol. The molecule has 0 bridgehead atoms. The third-order valence-corrected chi connectivity index (χ3v) is 6.49. The second-order valence-electron chi connectivity index (χ2n) is 3.88. The Balaban J connectivity index is 3.84. The number of hydrogen-bond acceptors (Lipinski definition) is 4. The van der Waals surface area contributed by atoms with Gasteiger partial charge in [-0.15, -0.1) is 0 Å². The zero-order chi connectivity index (χ0) is 18.3. The van der Waals surface area contributed by atoms with Crippen LogP contribution in [0.25, 0.3) is 6.08 Å². The molecular formula is C10H5ClF6O4S2. The van der Waals surface area contributed by atoms with Crippen LogP contribution in [0.5, 0.6) is 0 Å². The first-order valence-corrected chi connectivity index (χ1v) is 8.56. The third-order valence-electron chi connectivity index (χ3n) is 2.32. The van der Waals surface area contributed by atoms with Crippen LogP contribution in [0, 0.1) is 0 Å². The minimum absolute atomic E-state index is 0.284. The largest absolute Gasteiger partial charge is 0.502 e. The highest BCUT2D eigenvalue weighted by Crippen LogP contribution is 2.40. The highest BCUT2D eigenvalue weighted by Gasteiger charge is 2.59. The van der Waals surface area contributed by atoms with E-state index in [9.17, 15) is 43.2 Å². The summed E-state index contributed by atoms with van der Waals surface area (Å²) in [6.07, 6.45) is -0.284. The van der Waals surface area contributed by atoms with Crippen LogP contribution >= 0.6 is 11.6 Å². The van der Waals surface area contributed by atoms with Crippen LogP contribution in [-0.4, -0.2) is 27.9 Å². The molecule has 0 fully saturated rings. The fraction of sp³-hybridized carbons (Fsp3) is 0.200. The van der Waals surface area contributed by atoms with Gasteiger partial charge < -0.3 is 0 Å². The lowest BCUT2D eigenvalue weighted by atomic mass is 10.2. The number of alkyl halides is 6. The standard InChI is InChI=1S/C10H5ClF6O4S2/c11-7-4-2-1-3-6(7)5-8(22(18,19)9(12,13)14)23(20,21)10(15,16)17/h1-5H. The molecule has 0 atom stereocenters. The maximum Gasteiger partial charge on any atom is 0.502 e. The molecular weight excluding hydrogens is 398 g/mol. The lowest BCUT2D eigenvalue weighted by molar-refractivity contribution is -0.0443. The van der Waals surface area contributed by atoms with Crippen LogP contribution < -0.4 is 0 Å². The number of benzene rings is 1. The molecule has 1 aromatic carbocycles. The molecule has 0 spiro atoms. The van der Waals surface area contributed by atoms with E-state index in [0.29, 0.717) is 0 Å². The highest BCUT2D eigenvalue weighted by atomic mass is 35.5. The van der Waals surface area contributed by atoms with Gasteiger partial charge in [-0.2, -0.15) is 26.3 Å². The minimum Gasteiger partial charge on any atom is -0.214 e. The van der Waals surface area contributed by atoms with Gasteiger partial charge >= 0.3 is 11.0 Å². The second kappa shape index (κ2) is 5.98. The molecule has 130 valence electrons. The van der Waals surface area contributed by atoms with Crippen molar-refractivity contribution in [2.75, 3.05) is 0 Å². The van der Waals surface area contributed by atoms with E-state index in [1.807, 2.05) is 0 Å². The number of halogens is 7. The van der Waals surface area contributed by atoms with E-state index in [4.69, 9.17) is 11.6 Å². The summed E-state index contributed by atoms with van der Waals surface area (Å²) >= 11 is 5.50. The van der Waals surface area contributed by atoms with Gasteiger partial charge in [-0.05, 0) is 17.7 Å². The van der Waals surface area contributed by atoms with Gasteiger partial charge in [-0.1, -0.05) is 29.8 Å². The van der Waals surface area contributed by atoms with Crippen molar-refractivity contribution in [3.63, 3.8) is 0 Å². The molecule has 0 aliphatic rings. The van der Waals surface area contributed by atoms with E-state index in [1.54, 1.807) is 0 Å². The monoisotopic (exact) mass is 402 g/mol. The topological polar surface area (TPSA) is 68.3 Å². The minimum atomic E-state index is -6.80. The highest BCUT2D eigenvalue weighted by molar-refractivity contribution is 8.15. The molecule has 0 saturated carbocycles. The van der Waals surface area contributed by atoms with E-state index in [0.717, 1.165) is 18.2 Å². The zero-order valence-corrected chi connectivity index (χ0v) is 12.9. The van der Waals surface area contributed by atoms with E-state index in [1.165, 1.54) is 6.07 Å². The summed E-state index contributed by atoms with van der Waals surface area (Å²) in [5.41, 5.74) is -13.2. The molecule has 13 heteroatoms. The van der Waals surface area contributed by atoms with Gasteiger partial charge in [0.1, 0.15) is 0 Å². The Morgan fingerprint density at radius 1 is 0.870 bits per heavy atom.